The van der Waals surface area contributed by atoms with Crippen LogP contribution in [0.5, 0.6) is 0 Å². The van der Waals surface area contributed by atoms with Gasteiger partial charge in [-0.25, -0.2) is 4.79 Å². The number of hydrogen-bond donors (Lipinski definition) is 4. The van der Waals surface area contributed by atoms with Gasteiger partial charge in [0.15, 0.2) is 5.60 Å². The number of nitro benzene ring substituents is 1. The molecule has 0 aliphatic heterocycles. The zero-order valence-corrected chi connectivity index (χ0v) is 10.7. The van der Waals surface area contributed by atoms with E-state index in [2.05, 4.69) is 0 Å². The van der Waals surface area contributed by atoms with Crippen molar-refractivity contribution in [2.45, 2.75) is 24.2 Å². The number of carboxylic acid groups (broad SMARTS) is 1. The summed E-state index contributed by atoms with van der Waals surface area (Å²) < 4.78 is 0. The van der Waals surface area contributed by atoms with Crippen molar-refractivity contribution in [3.05, 3.63) is 46.0 Å². The highest BCUT2D eigenvalue weighted by atomic mass is 16.6. The fourth-order valence-corrected chi connectivity index (χ4v) is 2.22. The topological polar surface area (TPSA) is 141 Å². The number of nitro groups is 1. The molecule has 21 heavy (non-hydrogen) atoms. The van der Waals surface area contributed by atoms with Gasteiger partial charge in [-0.15, -0.1) is 0 Å². The predicted molar refractivity (Wildman–Crippen MR) is 70.3 cm³/mol. The summed E-state index contributed by atoms with van der Waals surface area (Å²) in [5, 5.41) is 49.2. The summed E-state index contributed by atoms with van der Waals surface area (Å²) in [7, 11) is 0. The average Bonchev–Trinajstić information content (AvgIpc) is 2.43. The Kier molecular flexibility index (Phi) is 3.77. The number of non-ortho nitro benzene ring substituents is 1. The first-order valence-electron chi connectivity index (χ1n) is 6.04. The summed E-state index contributed by atoms with van der Waals surface area (Å²) in [6.07, 6.45) is -2.43. The number of aliphatic carboxylic acids is 1. The van der Waals surface area contributed by atoms with Crippen LogP contribution in [0.4, 0.5) is 5.69 Å². The Bertz CT molecular complexity index is 609. The maximum Gasteiger partial charge on any atom is 0.339 e. The number of rotatable bonds is 3. The van der Waals surface area contributed by atoms with Crippen LogP contribution in [0.3, 0.4) is 0 Å². The second kappa shape index (κ2) is 5.24. The molecule has 1 aromatic carbocycles. The van der Waals surface area contributed by atoms with Crippen molar-refractivity contribution in [1.82, 2.24) is 0 Å². The Hall–Kier alpha value is -2.29. The van der Waals surface area contributed by atoms with Crippen molar-refractivity contribution in [2.24, 2.45) is 0 Å². The first-order valence-corrected chi connectivity index (χ1v) is 6.04. The molecule has 0 saturated carbocycles. The lowest BCUT2D eigenvalue weighted by molar-refractivity contribution is -0.384. The minimum atomic E-state index is -2.30. The second-order valence-corrected chi connectivity index (χ2v) is 4.85. The quantitative estimate of drug-likeness (QED) is 0.451. The summed E-state index contributed by atoms with van der Waals surface area (Å²) in [6, 6.07) is 4.99. The van der Waals surface area contributed by atoms with E-state index >= 15 is 0 Å². The van der Waals surface area contributed by atoms with E-state index in [4.69, 9.17) is 5.11 Å². The van der Waals surface area contributed by atoms with Crippen molar-refractivity contribution >= 4 is 17.2 Å². The van der Waals surface area contributed by atoms with Gasteiger partial charge in [-0.1, -0.05) is 0 Å². The summed E-state index contributed by atoms with van der Waals surface area (Å²) in [4.78, 5) is 21.1. The summed E-state index contributed by atoms with van der Waals surface area (Å²) in [5.41, 5.74) is -2.17. The molecule has 2 rings (SSSR count). The highest BCUT2D eigenvalue weighted by molar-refractivity contribution is 5.85. The van der Waals surface area contributed by atoms with Gasteiger partial charge in [0.05, 0.1) is 11.0 Å². The largest absolute Gasteiger partial charge is 0.479 e. The Morgan fingerprint density at radius 2 is 1.86 bits per heavy atom. The Morgan fingerprint density at radius 3 is 2.33 bits per heavy atom. The van der Waals surface area contributed by atoms with Crippen molar-refractivity contribution in [1.29, 1.82) is 0 Å². The summed E-state index contributed by atoms with van der Waals surface area (Å²) >= 11 is 0. The Balaban J connectivity index is 2.46. The van der Waals surface area contributed by atoms with E-state index in [0.717, 1.165) is 6.08 Å². The molecule has 0 saturated heterocycles. The van der Waals surface area contributed by atoms with Crippen LogP contribution in [-0.4, -0.2) is 49.1 Å². The molecule has 0 unspecified atom stereocenters. The fourth-order valence-electron chi connectivity index (χ4n) is 2.22. The molecule has 0 spiro atoms. The van der Waals surface area contributed by atoms with Gasteiger partial charge in [-0.3, -0.25) is 10.1 Å². The van der Waals surface area contributed by atoms with Crippen LogP contribution in [0.1, 0.15) is 12.0 Å². The molecule has 112 valence electrons. The number of carboxylic acids is 1. The molecular formula is C13H13NO7. The van der Waals surface area contributed by atoms with Crippen LogP contribution in [0, 0.1) is 10.1 Å². The predicted octanol–water partition coefficient (Wildman–Crippen LogP) is -0.0806. The lowest BCUT2D eigenvalue weighted by atomic mass is 9.80. The summed E-state index contributed by atoms with van der Waals surface area (Å²) in [5.74, 6) is -1.55. The molecule has 0 aromatic heterocycles. The van der Waals surface area contributed by atoms with E-state index < -0.39 is 35.1 Å². The van der Waals surface area contributed by atoms with Crippen molar-refractivity contribution in [3.63, 3.8) is 0 Å². The molecule has 3 atom stereocenters. The molecule has 1 aliphatic carbocycles. The SMILES string of the molecule is O=C(O)[C@]1(O)C=C(c2ccc([N+](=O)[O-])cc2)[C@@H](O)[C@H](O)C1. The van der Waals surface area contributed by atoms with E-state index in [1.807, 2.05) is 0 Å². The minimum Gasteiger partial charge on any atom is -0.479 e. The van der Waals surface area contributed by atoms with Gasteiger partial charge in [0.2, 0.25) is 0 Å². The zero-order chi connectivity index (χ0) is 15.8. The lowest BCUT2D eigenvalue weighted by Crippen LogP contribution is -2.47. The number of carbonyl (C=O) groups is 1. The Labute approximate surface area is 118 Å². The highest BCUT2D eigenvalue weighted by Gasteiger charge is 2.43. The number of benzene rings is 1. The number of aliphatic hydroxyl groups excluding tert-OH is 2. The monoisotopic (exact) mass is 295 g/mol. The van der Waals surface area contributed by atoms with E-state index in [0.29, 0.717) is 0 Å². The lowest BCUT2D eigenvalue weighted by Gasteiger charge is -2.33. The van der Waals surface area contributed by atoms with Gasteiger partial charge in [-0.05, 0) is 29.3 Å². The second-order valence-electron chi connectivity index (χ2n) is 4.85. The zero-order valence-electron chi connectivity index (χ0n) is 10.7. The van der Waals surface area contributed by atoms with Crippen LogP contribution < -0.4 is 0 Å². The average molecular weight is 295 g/mol. The molecule has 0 radical (unpaired) electrons. The van der Waals surface area contributed by atoms with E-state index in [9.17, 15) is 30.2 Å². The molecule has 8 nitrogen and oxygen atoms in total. The molecule has 0 amide bonds. The molecule has 1 aromatic rings. The molecule has 8 heteroatoms. The van der Waals surface area contributed by atoms with E-state index in [1.165, 1.54) is 24.3 Å². The van der Waals surface area contributed by atoms with Crippen molar-refractivity contribution in [2.75, 3.05) is 0 Å². The van der Waals surface area contributed by atoms with Crippen molar-refractivity contribution < 1.29 is 30.1 Å². The van der Waals surface area contributed by atoms with Crippen LogP contribution in [0.25, 0.3) is 5.57 Å². The smallest absolute Gasteiger partial charge is 0.339 e. The third kappa shape index (κ3) is 2.77. The first kappa shape index (κ1) is 15.1. The highest BCUT2D eigenvalue weighted by Crippen LogP contribution is 2.34. The molecule has 1 aliphatic rings. The van der Waals surface area contributed by atoms with Gasteiger partial charge in [-0.2, -0.15) is 0 Å². The van der Waals surface area contributed by atoms with Crippen molar-refractivity contribution in [3.8, 4) is 0 Å². The summed E-state index contributed by atoms with van der Waals surface area (Å²) in [6.45, 7) is 0. The van der Waals surface area contributed by atoms with Gasteiger partial charge in [0.25, 0.3) is 5.69 Å². The molecule has 0 fully saturated rings. The molecule has 4 N–H and O–H groups in total. The maximum atomic E-state index is 11.1. The first-order chi connectivity index (χ1) is 9.74. The van der Waals surface area contributed by atoms with Gasteiger partial charge >= 0.3 is 5.97 Å². The van der Waals surface area contributed by atoms with E-state index in [-0.39, 0.29) is 16.8 Å². The standard InChI is InChI=1S/C13H13NO7/c15-10-6-13(19,12(17)18)5-9(11(10)16)7-1-3-8(4-2-7)14(20)21/h1-5,10-11,15-16,19H,6H2,(H,17,18)/t10-,11-,13+/m1/s1. The van der Waals surface area contributed by atoms with Crippen LogP contribution in [0.2, 0.25) is 0 Å². The maximum absolute atomic E-state index is 11.1. The third-order valence-corrected chi connectivity index (χ3v) is 3.38. The fraction of sp³-hybridized carbons (Fsp3) is 0.308. The Morgan fingerprint density at radius 1 is 1.29 bits per heavy atom. The number of hydrogen-bond acceptors (Lipinski definition) is 6. The normalized spacial score (nSPS) is 28.8. The van der Waals surface area contributed by atoms with Crippen LogP contribution in [0.15, 0.2) is 30.3 Å². The van der Waals surface area contributed by atoms with Crippen LogP contribution in [-0.2, 0) is 4.79 Å². The molecular weight excluding hydrogens is 282 g/mol. The number of aliphatic hydroxyl groups is 3. The van der Waals surface area contributed by atoms with Gasteiger partial charge in [0, 0.05) is 18.6 Å². The van der Waals surface area contributed by atoms with E-state index in [1.54, 1.807) is 0 Å². The molecule has 0 bridgehead atoms. The minimum absolute atomic E-state index is 0.00791. The van der Waals surface area contributed by atoms with Gasteiger partial charge < -0.3 is 20.4 Å². The number of nitrogens with zero attached hydrogens (tertiary/aromatic N) is 1. The van der Waals surface area contributed by atoms with Crippen LogP contribution >= 0.6 is 0 Å². The molecule has 0 heterocycles. The third-order valence-electron chi connectivity index (χ3n) is 3.38. The van der Waals surface area contributed by atoms with Gasteiger partial charge in [0.1, 0.15) is 6.10 Å².